The van der Waals surface area contributed by atoms with Crippen molar-refractivity contribution in [2.45, 2.75) is 25.3 Å². The molecule has 8 heteroatoms. The van der Waals surface area contributed by atoms with Gasteiger partial charge in [0, 0.05) is 19.6 Å². The van der Waals surface area contributed by atoms with Crippen LogP contribution in [0.3, 0.4) is 0 Å². The zero-order valence-corrected chi connectivity index (χ0v) is 18.2. The number of aliphatic carboxylic acids is 1. The van der Waals surface area contributed by atoms with Crippen LogP contribution in [-0.4, -0.2) is 56.0 Å². The van der Waals surface area contributed by atoms with Crippen LogP contribution >= 0.6 is 0 Å². The van der Waals surface area contributed by atoms with Gasteiger partial charge in [0.25, 0.3) is 0 Å². The largest absolute Gasteiger partial charge is 0.481 e. The van der Waals surface area contributed by atoms with Crippen molar-refractivity contribution in [2.24, 2.45) is 5.92 Å². The molecule has 0 fully saturated rings. The van der Waals surface area contributed by atoms with Crippen LogP contribution in [0.15, 0.2) is 48.5 Å². The summed E-state index contributed by atoms with van der Waals surface area (Å²) in [6, 6.07) is 15.0. The van der Waals surface area contributed by atoms with Crippen LogP contribution in [0.2, 0.25) is 0 Å². The molecule has 0 aromatic heterocycles. The third-order valence-corrected chi connectivity index (χ3v) is 5.65. The second-order valence-corrected chi connectivity index (χ2v) is 7.67. The summed E-state index contributed by atoms with van der Waals surface area (Å²) in [7, 11) is 1.41. The summed E-state index contributed by atoms with van der Waals surface area (Å²) in [5.41, 5.74) is 4.43. The Hall–Kier alpha value is -3.39. The molecule has 2 atom stereocenters. The summed E-state index contributed by atoms with van der Waals surface area (Å²) in [5.74, 6) is -2.30. The van der Waals surface area contributed by atoms with E-state index in [2.05, 4.69) is 10.6 Å². The van der Waals surface area contributed by atoms with Crippen LogP contribution in [0.1, 0.15) is 30.4 Å². The number of benzene rings is 2. The lowest BCUT2D eigenvalue weighted by molar-refractivity contribution is -0.141. The molecule has 0 heterocycles. The van der Waals surface area contributed by atoms with Crippen LogP contribution < -0.4 is 10.6 Å². The molecule has 0 spiro atoms. The molecule has 0 saturated carbocycles. The lowest BCUT2D eigenvalue weighted by Gasteiger charge is -2.20. The van der Waals surface area contributed by atoms with Gasteiger partial charge in [0.05, 0.1) is 12.5 Å². The van der Waals surface area contributed by atoms with Gasteiger partial charge in [-0.1, -0.05) is 55.5 Å². The zero-order chi connectivity index (χ0) is 23.1. The van der Waals surface area contributed by atoms with Gasteiger partial charge in [0.2, 0.25) is 5.91 Å². The van der Waals surface area contributed by atoms with Crippen LogP contribution in [0.5, 0.6) is 0 Å². The van der Waals surface area contributed by atoms with Crippen LogP contribution in [-0.2, 0) is 19.1 Å². The number of carboxylic acids is 1. The van der Waals surface area contributed by atoms with Crippen molar-refractivity contribution in [1.29, 1.82) is 0 Å². The fourth-order valence-electron chi connectivity index (χ4n) is 3.89. The SMILES string of the molecule is CCC(CNC(=O)[C@H](COC)NC(=O)OCC1c2ccccc2-c2ccccc21)C(=O)O. The van der Waals surface area contributed by atoms with Crippen molar-refractivity contribution in [3.05, 3.63) is 59.7 Å². The molecule has 1 unspecified atom stereocenters. The Kier molecular flexibility index (Phi) is 7.83. The Morgan fingerprint density at radius 1 is 1.03 bits per heavy atom. The monoisotopic (exact) mass is 440 g/mol. The maximum absolute atomic E-state index is 12.5. The Labute approximate surface area is 186 Å². The number of ether oxygens (including phenoxy) is 2. The average Bonchev–Trinajstić information content (AvgIpc) is 3.11. The number of hydrogen-bond acceptors (Lipinski definition) is 5. The van der Waals surface area contributed by atoms with E-state index in [0.717, 1.165) is 22.3 Å². The van der Waals surface area contributed by atoms with E-state index < -0.39 is 29.9 Å². The number of alkyl carbamates (subject to hydrolysis) is 1. The molecule has 8 nitrogen and oxygen atoms in total. The highest BCUT2D eigenvalue weighted by Crippen LogP contribution is 2.44. The quantitative estimate of drug-likeness (QED) is 0.524. The standard InChI is InChI=1S/C24H28N2O6/c1-3-15(23(28)29)12-25-22(27)21(14-31-2)26-24(30)32-13-20-18-10-6-4-8-16(18)17-9-5-7-11-19(17)20/h4-11,15,20-21H,3,12-14H2,1-2H3,(H,25,27)(H,26,30)(H,28,29)/t15?,21-/m0/s1. The maximum atomic E-state index is 12.5. The van der Waals surface area contributed by atoms with Gasteiger partial charge in [-0.3, -0.25) is 9.59 Å². The molecule has 0 saturated heterocycles. The number of amides is 2. The molecule has 3 N–H and O–H groups in total. The van der Waals surface area contributed by atoms with Crippen LogP contribution in [0, 0.1) is 5.92 Å². The van der Waals surface area contributed by atoms with Gasteiger partial charge in [-0.25, -0.2) is 4.79 Å². The smallest absolute Gasteiger partial charge is 0.407 e. The second-order valence-electron chi connectivity index (χ2n) is 7.67. The van der Waals surface area contributed by atoms with Crippen molar-refractivity contribution < 1.29 is 29.0 Å². The van der Waals surface area contributed by atoms with Crippen molar-refractivity contribution in [1.82, 2.24) is 10.6 Å². The molecule has 0 aliphatic heterocycles. The van der Waals surface area contributed by atoms with E-state index in [4.69, 9.17) is 14.6 Å². The number of rotatable bonds is 10. The number of carbonyl (C=O) groups is 3. The van der Waals surface area contributed by atoms with Crippen molar-refractivity contribution >= 4 is 18.0 Å². The molecule has 0 bridgehead atoms. The first-order chi connectivity index (χ1) is 15.5. The van der Waals surface area contributed by atoms with E-state index in [-0.39, 0.29) is 25.7 Å². The minimum atomic E-state index is -0.998. The topological polar surface area (TPSA) is 114 Å². The molecular formula is C24H28N2O6. The molecule has 1 aliphatic carbocycles. The molecule has 3 rings (SSSR count). The third-order valence-electron chi connectivity index (χ3n) is 5.65. The van der Waals surface area contributed by atoms with E-state index >= 15 is 0 Å². The molecule has 0 radical (unpaired) electrons. The van der Waals surface area contributed by atoms with Gasteiger partial charge in [0.15, 0.2) is 0 Å². The number of nitrogens with one attached hydrogen (secondary N) is 2. The molecule has 2 aromatic carbocycles. The van der Waals surface area contributed by atoms with Crippen molar-refractivity contribution in [2.75, 3.05) is 26.9 Å². The Morgan fingerprint density at radius 3 is 2.16 bits per heavy atom. The Morgan fingerprint density at radius 2 is 1.62 bits per heavy atom. The van der Waals surface area contributed by atoms with E-state index in [1.54, 1.807) is 6.92 Å². The second kappa shape index (κ2) is 10.8. The minimum Gasteiger partial charge on any atom is -0.481 e. The summed E-state index contributed by atoms with van der Waals surface area (Å²) in [5, 5.41) is 14.2. The summed E-state index contributed by atoms with van der Waals surface area (Å²) < 4.78 is 10.5. The molecule has 170 valence electrons. The molecule has 2 amide bonds. The molecule has 2 aromatic rings. The van der Waals surface area contributed by atoms with E-state index in [1.807, 2.05) is 48.5 Å². The first-order valence-electron chi connectivity index (χ1n) is 10.6. The van der Waals surface area contributed by atoms with Gasteiger partial charge in [-0.2, -0.15) is 0 Å². The predicted octanol–water partition coefficient (Wildman–Crippen LogP) is 2.77. The number of fused-ring (bicyclic) bond motifs is 3. The summed E-state index contributed by atoms with van der Waals surface area (Å²) >= 11 is 0. The highest BCUT2D eigenvalue weighted by molar-refractivity contribution is 5.86. The summed E-state index contributed by atoms with van der Waals surface area (Å²) in [6.07, 6.45) is -0.362. The van der Waals surface area contributed by atoms with Crippen LogP contribution in [0.25, 0.3) is 11.1 Å². The summed E-state index contributed by atoms with van der Waals surface area (Å²) in [6.45, 7) is 1.75. The minimum absolute atomic E-state index is 0.0305. The molecule has 1 aliphatic rings. The average molecular weight is 440 g/mol. The predicted molar refractivity (Wildman–Crippen MR) is 118 cm³/mol. The highest BCUT2D eigenvalue weighted by Gasteiger charge is 2.30. The first kappa shape index (κ1) is 23.3. The normalized spacial score (nSPS) is 14.1. The lowest BCUT2D eigenvalue weighted by atomic mass is 9.98. The van der Waals surface area contributed by atoms with Gasteiger partial charge < -0.3 is 25.2 Å². The third kappa shape index (κ3) is 5.26. The van der Waals surface area contributed by atoms with Gasteiger partial charge in [-0.05, 0) is 28.7 Å². The number of carboxylic acid groups (broad SMARTS) is 1. The number of methoxy groups -OCH3 is 1. The van der Waals surface area contributed by atoms with E-state index in [1.165, 1.54) is 7.11 Å². The fraction of sp³-hybridized carbons (Fsp3) is 0.375. The van der Waals surface area contributed by atoms with Gasteiger partial charge >= 0.3 is 12.1 Å². The first-order valence-corrected chi connectivity index (χ1v) is 10.6. The molecule has 32 heavy (non-hydrogen) atoms. The lowest BCUT2D eigenvalue weighted by Crippen LogP contribution is -2.50. The maximum Gasteiger partial charge on any atom is 0.407 e. The number of carbonyl (C=O) groups excluding carboxylic acids is 2. The highest BCUT2D eigenvalue weighted by atomic mass is 16.5. The molecular weight excluding hydrogens is 412 g/mol. The summed E-state index contributed by atoms with van der Waals surface area (Å²) in [4.78, 5) is 36.0. The van der Waals surface area contributed by atoms with Gasteiger partial charge in [0.1, 0.15) is 12.6 Å². The zero-order valence-electron chi connectivity index (χ0n) is 18.2. The van der Waals surface area contributed by atoms with E-state index in [9.17, 15) is 14.4 Å². The Bertz CT molecular complexity index is 931. The number of hydrogen-bond donors (Lipinski definition) is 3. The van der Waals surface area contributed by atoms with E-state index in [0.29, 0.717) is 6.42 Å². The van der Waals surface area contributed by atoms with Gasteiger partial charge in [-0.15, -0.1) is 0 Å². The van der Waals surface area contributed by atoms with Crippen molar-refractivity contribution in [3.8, 4) is 11.1 Å². The Balaban J connectivity index is 1.60. The fourth-order valence-corrected chi connectivity index (χ4v) is 3.89. The van der Waals surface area contributed by atoms with Crippen LogP contribution in [0.4, 0.5) is 4.79 Å². The van der Waals surface area contributed by atoms with Crippen molar-refractivity contribution in [3.63, 3.8) is 0 Å².